The van der Waals surface area contributed by atoms with Crippen molar-refractivity contribution in [1.82, 2.24) is 4.90 Å². The van der Waals surface area contributed by atoms with Crippen molar-refractivity contribution in [3.05, 3.63) is 27.7 Å². The number of amides is 1. The van der Waals surface area contributed by atoms with Gasteiger partial charge in [-0.15, -0.1) is 0 Å². The van der Waals surface area contributed by atoms with E-state index in [-0.39, 0.29) is 16.8 Å². The summed E-state index contributed by atoms with van der Waals surface area (Å²) in [5.74, 6) is -0.177. The highest BCUT2D eigenvalue weighted by atomic mass is 79.9. The van der Waals surface area contributed by atoms with E-state index in [1.807, 2.05) is 0 Å². The van der Waals surface area contributed by atoms with E-state index >= 15 is 0 Å². The van der Waals surface area contributed by atoms with Gasteiger partial charge in [0.15, 0.2) is 0 Å². The number of hydrogen-bond donors (Lipinski definition) is 0. The molecule has 0 atom stereocenters. The van der Waals surface area contributed by atoms with Gasteiger partial charge in [-0.05, 0) is 37.5 Å². The minimum atomic E-state index is -3.89. The summed E-state index contributed by atoms with van der Waals surface area (Å²) in [6, 6.07) is 3.24. The van der Waals surface area contributed by atoms with Crippen LogP contribution in [-0.2, 0) is 9.05 Å². The average molecular weight is 395 g/mol. The maximum absolute atomic E-state index is 12.5. The summed E-state index contributed by atoms with van der Waals surface area (Å²) < 4.78 is 23.8. The van der Waals surface area contributed by atoms with Crippen molar-refractivity contribution in [3.8, 4) is 0 Å². The van der Waals surface area contributed by atoms with Crippen LogP contribution in [0.2, 0.25) is 0 Å². The number of carbonyl (C=O) groups is 1. The fraction of sp³-hybridized carbons (Fsp3) is 0.500. The van der Waals surface area contributed by atoms with Crippen LogP contribution in [-0.4, -0.2) is 32.3 Å². The van der Waals surface area contributed by atoms with Crippen LogP contribution in [0.3, 0.4) is 0 Å². The Labute approximate surface area is 138 Å². The standard InChI is InChI=1S/C14H17BrClNO3S/c1-9-12(15)7-10(8-13(9)21(16,19)20)14(18)17(2)11-5-3-4-6-11/h7-8,11H,3-6H2,1-2H3. The Morgan fingerprint density at radius 1 is 1.33 bits per heavy atom. The lowest BCUT2D eigenvalue weighted by molar-refractivity contribution is 0.0735. The van der Waals surface area contributed by atoms with E-state index in [4.69, 9.17) is 10.7 Å². The van der Waals surface area contributed by atoms with E-state index in [2.05, 4.69) is 15.9 Å². The van der Waals surface area contributed by atoms with Gasteiger partial charge >= 0.3 is 0 Å². The maximum atomic E-state index is 12.5. The van der Waals surface area contributed by atoms with Gasteiger partial charge < -0.3 is 4.90 Å². The van der Waals surface area contributed by atoms with Crippen molar-refractivity contribution in [3.63, 3.8) is 0 Å². The van der Waals surface area contributed by atoms with E-state index in [1.54, 1.807) is 24.9 Å². The Bertz CT molecular complexity index is 669. The molecule has 0 aliphatic heterocycles. The molecule has 0 radical (unpaired) electrons. The number of nitrogens with zero attached hydrogens (tertiary/aromatic N) is 1. The summed E-state index contributed by atoms with van der Waals surface area (Å²) in [4.78, 5) is 14.2. The number of hydrogen-bond acceptors (Lipinski definition) is 3. The molecule has 4 nitrogen and oxygen atoms in total. The smallest absolute Gasteiger partial charge is 0.261 e. The normalized spacial score (nSPS) is 16.2. The molecule has 1 aliphatic rings. The second kappa shape index (κ2) is 6.26. The van der Waals surface area contributed by atoms with Crippen LogP contribution in [0.5, 0.6) is 0 Å². The van der Waals surface area contributed by atoms with E-state index in [0.717, 1.165) is 25.7 Å². The number of halogens is 2. The molecule has 0 aromatic heterocycles. The zero-order chi connectivity index (χ0) is 15.8. The summed E-state index contributed by atoms with van der Waals surface area (Å²) in [6.07, 6.45) is 4.24. The van der Waals surface area contributed by atoms with E-state index in [1.165, 1.54) is 6.07 Å². The molecule has 2 rings (SSSR count). The quantitative estimate of drug-likeness (QED) is 0.735. The molecular weight excluding hydrogens is 378 g/mol. The second-order valence-corrected chi connectivity index (χ2v) is 8.76. The fourth-order valence-electron chi connectivity index (χ4n) is 2.69. The lowest BCUT2D eigenvalue weighted by Crippen LogP contribution is -2.35. The van der Waals surface area contributed by atoms with Crippen molar-refractivity contribution < 1.29 is 13.2 Å². The van der Waals surface area contributed by atoms with Gasteiger partial charge in [0.2, 0.25) is 0 Å². The van der Waals surface area contributed by atoms with Crippen LogP contribution in [0.1, 0.15) is 41.6 Å². The number of benzene rings is 1. The maximum Gasteiger partial charge on any atom is 0.261 e. The first kappa shape index (κ1) is 16.8. The lowest BCUT2D eigenvalue weighted by atomic mass is 10.1. The average Bonchev–Trinajstić information content (AvgIpc) is 2.92. The van der Waals surface area contributed by atoms with Gasteiger partial charge in [-0.3, -0.25) is 4.79 Å². The Kier molecular flexibility index (Phi) is 5.00. The van der Waals surface area contributed by atoms with Crippen LogP contribution in [0.4, 0.5) is 0 Å². The Morgan fingerprint density at radius 3 is 2.43 bits per heavy atom. The number of rotatable bonds is 3. The zero-order valence-electron chi connectivity index (χ0n) is 11.9. The van der Waals surface area contributed by atoms with Crippen LogP contribution >= 0.6 is 26.6 Å². The summed E-state index contributed by atoms with van der Waals surface area (Å²) >= 11 is 3.30. The van der Waals surface area contributed by atoms with Crippen LogP contribution < -0.4 is 0 Å². The van der Waals surface area contributed by atoms with Gasteiger partial charge in [-0.25, -0.2) is 8.42 Å². The molecule has 1 saturated carbocycles. The minimum Gasteiger partial charge on any atom is -0.339 e. The summed E-state index contributed by atoms with van der Waals surface area (Å²) in [6.45, 7) is 1.65. The molecule has 0 heterocycles. The van der Waals surface area contributed by atoms with Gasteiger partial charge in [0.25, 0.3) is 15.0 Å². The molecule has 1 aliphatic carbocycles. The predicted molar refractivity (Wildman–Crippen MR) is 86.3 cm³/mol. The molecule has 1 aromatic carbocycles. The highest BCUT2D eigenvalue weighted by Gasteiger charge is 2.26. The summed E-state index contributed by atoms with van der Waals surface area (Å²) in [5.41, 5.74) is 0.839. The first-order chi connectivity index (χ1) is 9.71. The van der Waals surface area contributed by atoms with Gasteiger partial charge in [-0.2, -0.15) is 0 Å². The monoisotopic (exact) mass is 393 g/mol. The van der Waals surface area contributed by atoms with Crippen LogP contribution in [0.15, 0.2) is 21.5 Å². The largest absolute Gasteiger partial charge is 0.339 e. The summed E-state index contributed by atoms with van der Waals surface area (Å²) in [5, 5.41) is 0. The van der Waals surface area contributed by atoms with Gasteiger partial charge in [-0.1, -0.05) is 28.8 Å². The molecule has 7 heteroatoms. The molecular formula is C14H17BrClNO3S. The molecule has 0 unspecified atom stereocenters. The lowest BCUT2D eigenvalue weighted by Gasteiger charge is -2.24. The van der Waals surface area contributed by atoms with E-state index < -0.39 is 9.05 Å². The highest BCUT2D eigenvalue weighted by Crippen LogP contribution is 2.30. The molecule has 1 fully saturated rings. The van der Waals surface area contributed by atoms with Crippen molar-refractivity contribution in [2.24, 2.45) is 0 Å². The van der Waals surface area contributed by atoms with Crippen LogP contribution in [0.25, 0.3) is 0 Å². The SMILES string of the molecule is Cc1c(Br)cc(C(=O)N(C)C2CCCC2)cc1S(=O)(=O)Cl. The Balaban J connectivity index is 2.40. The third-order valence-corrected chi connectivity index (χ3v) is 6.27. The highest BCUT2D eigenvalue weighted by molar-refractivity contribution is 9.10. The van der Waals surface area contributed by atoms with Crippen molar-refractivity contribution in [2.45, 2.75) is 43.5 Å². The second-order valence-electron chi connectivity index (χ2n) is 5.37. The molecule has 0 N–H and O–H groups in total. The van der Waals surface area contributed by atoms with Gasteiger partial charge in [0.1, 0.15) is 0 Å². The first-order valence-corrected chi connectivity index (χ1v) is 9.84. The molecule has 1 amide bonds. The summed E-state index contributed by atoms with van der Waals surface area (Å²) in [7, 11) is 3.33. The van der Waals surface area contributed by atoms with Gasteiger partial charge in [0, 0.05) is 33.8 Å². The first-order valence-electron chi connectivity index (χ1n) is 6.74. The molecule has 21 heavy (non-hydrogen) atoms. The van der Waals surface area contributed by atoms with E-state index in [0.29, 0.717) is 15.6 Å². The molecule has 116 valence electrons. The molecule has 1 aromatic rings. The molecule has 0 saturated heterocycles. The van der Waals surface area contributed by atoms with Crippen molar-refractivity contribution >= 4 is 41.6 Å². The topological polar surface area (TPSA) is 54.5 Å². The molecule has 0 bridgehead atoms. The van der Waals surface area contributed by atoms with Gasteiger partial charge in [0.05, 0.1) is 4.90 Å². The fourth-order valence-corrected chi connectivity index (χ4v) is 4.51. The Morgan fingerprint density at radius 2 is 1.90 bits per heavy atom. The Hall–Kier alpha value is -0.590. The third-order valence-electron chi connectivity index (χ3n) is 4.00. The van der Waals surface area contributed by atoms with E-state index in [9.17, 15) is 13.2 Å². The third kappa shape index (κ3) is 3.60. The zero-order valence-corrected chi connectivity index (χ0v) is 15.1. The van der Waals surface area contributed by atoms with Crippen molar-refractivity contribution in [1.29, 1.82) is 0 Å². The number of carbonyl (C=O) groups excluding carboxylic acids is 1. The van der Waals surface area contributed by atoms with Crippen molar-refractivity contribution in [2.75, 3.05) is 7.05 Å². The van der Waals surface area contributed by atoms with Crippen LogP contribution in [0, 0.1) is 6.92 Å². The minimum absolute atomic E-state index is 0.0262. The molecule has 0 spiro atoms. The predicted octanol–water partition coefficient (Wildman–Crippen LogP) is 3.70.